The zero-order valence-corrected chi connectivity index (χ0v) is 16.9. The Morgan fingerprint density at radius 2 is 2.23 bits per heavy atom. The summed E-state index contributed by atoms with van der Waals surface area (Å²) in [5, 5.41) is 0.871. The fourth-order valence-corrected chi connectivity index (χ4v) is 3.96. The molecule has 1 fully saturated rings. The van der Waals surface area contributed by atoms with Crippen LogP contribution >= 0.6 is 34.7 Å². The molecule has 6 nitrogen and oxygen atoms in total. The van der Waals surface area contributed by atoms with Crippen LogP contribution in [0.5, 0.6) is 5.75 Å². The standard InChI is InChI=1S/C17H20Cl2N4O2S/c1-11-10-22(6-7-23(11)16(24)15(18)19)17-20-14(21-26-17)9-12-4-3-5-13(8-12)25-2/h3-5,8,11,15H,6-7,9-10H2,1-2H3. The minimum Gasteiger partial charge on any atom is -0.497 e. The molecule has 1 aliphatic rings. The lowest BCUT2D eigenvalue weighted by atomic mass is 10.1. The third-order valence-electron chi connectivity index (χ3n) is 4.32. The van der Waals surface area contributed by atoms with E-state index in [1.54, 1.807) is 12.0 Å². The normalized spacial score (nSPS) is 17.7. The first-order chi connectivity index (χ1) is 12.5. The van der Waals surface area contributed by atoms with Gasteiger partial charge in [-0.2, -0.15) is 4.37 Å². The molecule has 140 valence electrons. The van der Waals surface area contributed by atoms with E-state index in [0.29, 0.717) is 26.1 Å². The zero-order valence-electron chi connectivity index (χ0n) is 14.6. The number of ether oxygens (including phenoxy) is 1. The number of alkyl halides is 2. The Morgan fingerprint density at radius 1 is 1.42 bits per heavy atom. The Kier molecular flexibility index (Phi) is 6.21. The fourth-order valence-electron chi connectivity index (χ4n) is 2.99. The van der Waals surface area contributed by atoms with Crippen LogP contribution in [0.2, 0.25) is 0 Å². The first-order valence-electron chi connectivity index (χ1n) is 8.27. The van der Waals surface area contributed by atoms with E-state index in [2.05, 4.69) is 14.3 Å². The molecule has 0 saturated carbocycles. The summed E-state index contributed by atoms with van der Waals surface area (Å²) in [4.78, 5) is 19.5. The predicted octanol–water partition coefficient (Wildman–Crippen LogP) is 2.98. The number of halogens is 2. The number of benzene rings is 1. The van der Waals surface area contributed by atoms with Crippen LogP contribution in [-0.4, -0.2) is 57.8 Å². The van der Waals surface area contributed by atoms with Crippen LogP contribution in [0.4, 0.5) is 5.13 Å². The third-order valence-corrected chi connectivity index (χ3v) is 5.51. The van der Waals surface area contributed by atoms with Crippen LogP contribution in [0.25, 0.3) is 0 Å². The molecule has 0 aliphatic carbocycles. The number of rotatable bonds is 5. The van der Waals surface area contributed by atoms with Crippen LogP contribution in [0.3, 0.4) is 0 Å². The Labute approximate surface area is 166 Å². The Morgan fingerprint density at radius 3 is 2.92 bits per heavy atom. The van der Waals surface area contributed by atoms with Crippen LogP contribution in [0.15, 0.2) is 24.3 Å². The summed E-state index contributed by atoms with van der Waals surface area (Å²) in [6, 6.07) is 7.91. The number of carbonyl (C=O) groups is 1. The first-order valence-corrected chi connectivity index (χ1v) is 9.91. The molecule has 2 aromatic rings. The highest BCUT2D eigenvalue weighted by molar-refractivity contribution is 7.09. The van der Waals surface area contributed by atoms with Crippen molar-refractivity contribution in [2.45, 2.75) is 24.2 Å². The van der Waals surface area contributed by atoms with Crippen LogP contribution in [0, 0.1) is 0 Å². The summed E-state index contributed by atoms with van der Waals surface area (Å²) >= 11 is 12.8. The second-order valence-electron chi connectivity index (χ2n) is 6.15. The molecule has 0 spiro atoms. The van der Waals surface area contributed by atoms with Crippen molar-refractivity contribution in [3.05, 3.63) is 35.7 Å². The minimum atomic E-state index is -1.01. The average Bonchev–Trinajstić information content (AvgIpc) is 3.09. The van der Waals surface area contributed by atoms with Gasteiger partial charge in [-0.15, -0.1) is 0 Å². The van der Waals surface area contributed by atoms with Crippen LogP contribution < -0.4 is 9.64 Å². The number of carbonyl (C=O) groups excluding carboxylic acids is 1. The summed E-state index contributed by atoms with van der Waals surface area (Å²) in [6.45, 7) is 3.92. The van der Waals surface area contributed by atoms with Gasteiger partial charge >= 0.3 is 0 Å². The van der Waals surface area contributed by atoms with Gasteiger partial charge in [-0.3, -0.25) is 4.79 Å². The summed E-state index contributed by atoms with van der Waals surface area (Å²) in [7, 11) is 1.65. The van der Waals surface area contributed by atoms with Gasteiger partial charge in [0.15, 0.2) is 4.84 Å². The van der Waals surface area contributed by atoms with Crippen molar-refractivity contribution in [1.29, 1.82) is 0 Å². The smallest absolute Gasteiger partial charge is 0.256 e. The van der Waals surface area contributed by atoms with Gasteiger partial charge in [-0.05, 0) is 24.6 Å². The molecule has 0 radical (unpaired) electrons. The van der Waals surface area contributed by atoms with Gasteiger partial charge in [-0.25, -0.2) is 4.98 Å². The number of nitrogens with zero attached hydrogens (tertiary/aromatic N) is 4. The highest BCUT2D eigenvalue weighted by Crippen LogP contribution is 2.24. The van der Waals surface area contributed by atoms with E-state index in [0.717, 1.165) is 22.3 Å². The summed E-state index contributed by atoms with van der Waals surface area (Å²) in [5.74, 6) is 1.37. The molecule has 1 unspecified atom stereocenters. The Hall–Kier alpha value is -1.57. The van der Waals surface area contributed by atoms with E-state index in [4.69, 9.17) is 27.9 Å². The van der Waals surface area contributed by atoms with Crippen LogP contribution in [0.1, 0.15) is 18.3 Å². The van der Waals surface area contributed by atoms with Gasteiger partial charge in [-0.1, -0.05) is 35.3 Å². The molecule has 1 aromatic carbocycles. The second-order valence-corrected chi connectivity index (χ2v) is 7.98. The van der Waals surface area contributed by atoms with E-state index in [1.165, 1.54) is 11.5 Å². The SMILES string of the molecule is COc1cccc(Cc2nsc(N3CCN(C(=O)C(Cl)Cl)C(C)C3)n2)c1. The van der Waals surface area contributed by atoms with Crippen molar-refractivity contribution >= 4 is 45.8 Å². The molecular formula is C17H20Cl2N4O2S. The maximum Gasteiger partial charge on any atom is 0.256 e. The summed E-state index contributed by atoms with van der Waals surface area (Å²) < 4.78 is 9.73. The maximum absolute atomic E-state index is 12.0. The topological polar surface area (TPSA) is 58.6 Å². The van der Waals surface area contributed by atoms with Crippen molar-refractivity contribution in [1.82, 2.24) is 14.3 Å². The largest absolute Gasteiger partial charge is 0.497 e. The molecule has 26 heavy (non-hydrogen) atoms. The monoisotopic (exact) mass is 414 g/mol. The van der Waals surface area contributed by atoms with E-state index in [1.807, 2.05) is 31.2 Å². The number of amides is 1. The molecule has 2 heterocycles. The Bertz CT molecular complexity index is 771. The molecule has 1 aliphatic heterocycles. The van der Waals surface area contributed by atoms with E-state index in [9.17, 15) is 4.79 Å². The van der Waals surface area contributed by atoms with E-state index in [-0.39, 0.29) is 11.9 Å². The zero-order chi connectivity index (χ0) is 18.7. The molecule has 9 heteroatoms. The highest BCUT2D eigenvalue weighted by atomic mass is 35.5. The molecule has 0 bridgehead atoms. The highest BCUT2D eigenvalue weighted by Gasteiger charge is 2.31. The lowest BCUT2D eigenvalue weighted by Crippen LogP contribution is -2.55. The summed E-state index contributed by atoms with van der Waals surface area (Å²) in [5.41, 5.74) is 1.10. The molecule has 1 saturated heterocycles. The maximum atomic E-state index is 12.0. The van der Waals surface area contributed by atoms with Crippen molar-refractivity contribution < 1.29 is 9.53 Å². The number of hydrogen-bond acceptors (Lipinski definition) is 6. The predicted molar refractivity (Wildman–Crippen MR) is 105 cm³/mol. The molecular weight excluding hydrogens is 395 g/mol. The van der Waals surface area contributed by atoms with Gasteiger partial charge in [0.25, 0.3) is 5.91 Å². The number of anilines is 1. The molecule has 0 N–H and O–H groups in total. The third kappa shape index (κ3) is 4.39. The van der Waals surface area contributed by atoms with Crippen molar-refractivity contribution in [2.24, 2.45) is 0 Å². The summed E-state index contributed by atoms with van der Waals surface area (Å²) in [6.07, 6.45) is 0.655. The van der Waals surface area contributed by atoms with Gasteiger partial charge < -0.3 is 14.5 Å². The molecule has 1 atom stereocenters. The lowest BCUT2D eigenvalue weighted by Gasteiger charge is -2.39. The van der Waals surface area contributed by atoms with Gasteiger partial charge in [0.2, 0.25) is 5.13 Å². The lowest BCUT2D eigenvalue weighted by molar-refractivity contribution is -0.131. The van der Waals surface area contributed by atoms with Crippen molar-refractivity contribution in [3.63, 3.8) is 0 Å². The number of piperazine rings is 1. The van der Waals surface area contributed by atoms with E-state index >= 15 is 0 Å². The fraction of sp³-hybridized carbons (Fsp3) is 0.471. The van der Waals surface area contributed by atoms with Crippen LogP contribution in [-0.2, 0) is 11.2 Å². The van der Waals surface area contributed by atoms with Gasteiger partial charge in [0.1, 0.15) is 11.6 Å². The van der Waals surface area contributed by atoms with E-state index < -0.39 is 4.84 Å². The first kappa shape index (κ1) is 19.2. The average molecular weight is 415 g/mol. The molecule has 1 aromatic heterocycles. The van der Waals surface area contributed by atoms with Gasteiger partial charge in [0.05, 0.1) is 7.11 Å². The molecule has 1 amide bonds. The number of hydrogen-bond donors (Lipinski definition) is 0. The number of aromatic nitrogens is 2. The van der Waals surface area contributed by atoms with Crippen molar-refractivity contribution in [2.75, 3.05) is 31.6 Å². The second kappa shape index (κ2) is 8.41. The Balaban J connectivity index is 1.64. The minimum absolute atomic E-state index is 0.0157. The van der Waals surface area contributed by atoms with Gasteiger partial charge in [0, 0.05) is 43.6 Å². The number of methoxy groups -OCH3 is 1. The quantitative estimate of drug-likeness (QED) is 0.703. The van der Waals surface area contributed by atoms with Crippen molar-refractivity contribution in [3.8, 4) is 5.75 Å². The molecule has 3 rings (SSSR count).